The van der Waals surface area contributed by atoms with Crippen LogP contribution in [0.15, 0.2) is 24.3 Å². The van der Waals surface area contributed by atoms with Crippen molar-refractivity contribution in [1.82, 2.24) is 0 Å². The second-order valence-electron chi connectivity index (χ2n) is 11.6. The van der Waals surface area contributed by atoms with E-state index in [-0.39, 0.29) is 31.3 Å². The van der Waals surface area contributed by atoms with Crippen molar-refractivity contribution in [3.63, 3.8) is 0 Å². The molecule has 8 heteroatoms. The van der Waals surface area contributed by atoms with Gasteiger partial charge in [-0.1, -0.05) is 76.8 Å². The SMILES string of the molecule is CCCCCCCCCCCCOc1ccc(CC(COP(=O)([O-])OCCC[N+](C)(C)C)CC(C)=O)cc1. The molecule has 1 aromatic carbocycles. The van der Waals surface area contributed by atoms with Gasteiger partial charge in [0.25, 0.3) is 7.82 Å². The van der Waals surface area contributed by atoms with Gasteiger partial charge in [-0.05, 0) is 43.4 Å². The molecule has 0 aliphatic carbocycles. The molecule has 0 fully saturated rings. The lowest BCUT2D eigenvalue weighted by Gasteiger charge is -2.27. The quantitative estimate of drug-likeness (QED) is 0.0800. The summed E-state index contributed by atoms with van der Waals surface area (Å²) in [6.45, 7) is 5.29. The van der Waals surface area contributed by atoms with Crippen molar-refractivity contribution >= 4 is 13.6 Å². The van der Waals surface area contributed by atoms with E-state index in [0.717, 1.165) is 28.8 Å². The molecule has 0 radical (unpaired) electrons. The van der Waals surface area contributed by atoms with E-state index in [9.17, 15) is 14.3 Å². The molecule has 38 heavy (non-hydrogen) atoms. The Morgan fingerprint density at radius 3 is 2.00 bits per heavy atom. The van der Waals surface area contributed by atoms with E-state index in [2.05, 4.69) is 6.92 Å². The summed E-state index contributed by atoms with van der Waals surface area (Å²) < 4.78 is 28.9. The van der Waals surface area contributed by atoms with E-state index >= 15 is 0 Å². The van der Waals surface area contributed by atoms with E-state index in [1.54, 1.807) is 0 Å². The second kappa shape index (κ2) is 19.8. The molecule has 0 spiro atoms. The van der Waals surface area contributed by atoms with Gasteiger partial charge in [0.05, 0.1) is 47.5 Å². The molecule has 0 saturated heterocycles. The number of hydrogen-bond donors (Lipinski definition) is 0. The molecule has 0 amide bonds. The van der Waals surface area contributed by atoms with Crippen LogP contribution in [-0.2, 0) is 24.8 Å². The molecule has 0 heterocycles. The zero-order chi connectivity index (χ0) is 28.3. The Kier molecular flexibility index (Phi) is 18.1. The van der Waals surface area contributed by atoms with Gasteiger partial charge in [0, 0.05) is 12.8 Å². The largest absolute Gasteiger partial charge is 0.756 e. The number of hydrogen-bond acceptors (Lipinski definition) is 6. The Labute approximate surface area is 232 Å². The maximum absolute atomic E-state index is 12.2. The first-order valence-corrected chi connectivity index (χ1v) is 16.1. The number of carbonyl (C=O) groups is 1. The third-order valence-electron chi connectivity index (χ3n) is 6.48. The fraction of sp³-hybridized carbons (Fsp3) is 0.767. The molecule has 2 atom stereocenters. The maximum atomic E-state index is 12.2. The smallest absolute Gasteiger partial charge is 0.267 e. The number of quaternary nitrogens is 1. The van der Waals surface area contributed by atoms with Gasteiger partial charge in [0.1, 0.15) is 11.5 Å². The number of ether oxygens (including phenoxy) is 1. The fourth-order valence-electron chi connectivity index (χ4n) is 4.38. The number of benzene rings is 1. The number of nitrogens with zero attached hydrogens (tertiary/aromatic N) is 1. The zero-order valence-corrected chi connectivity index (χ0v) is 25.6. The van der Waals surface area contributed by atoms with E-state index in [1.807, 2.05) is 45.4 Å². The summed E-state index contributed by atoms with van der Waals surface area (Å²) >= 11 is 0. The maximum Gasteiger partial charge on any atom is 0.267 e. The number of Topliss-reactive ketones (excluding diaryl/α,β-unsaturated/α-hetero) is 1. The van der Waals surface area contributed by atoms with Gasteiger partial charge in [-0.25, -0.2) is 0 Å². The molecular formula is C30H54NO6P. The van der Waals surface area contributed by atoms with Crippen LogP contribution in [0.1, 0.15) is 96.5 Å². The molecule has 0 N–H and O–H groups in total. The highest BCUT2D eigenvalue weighted by atomic mass is 31.2. The van der Waals surface area contributed by atoms with Gasteiger partial charge in [-0.15, -0.1) is 0 Å². The van der Waals surface area contributed by atoms with E-state index in [1.165, 1.54) is 64.7 Å². The Morgan fingerprint density at radius 2 is 1.45 bits per heavy atom. The summed E-state index contributed by atoms with van der Waals surface area (Å²) in [7, 11) is 1.71. The van der Waals surface area contributed by atoms with Gasteiger partial charge < -0.3 is 28.0 Å². The van der Waals surface area contributed by atoms with Crippen molar-refractivity contribution in [3.05, 3.63) is 29.8 Å². The Morgan fingerprint density at radius 1 is 0.868 bits per heavy atom. The predicted octanol–water partition coefficient (Wildman–Crippen LogP) is 6.72. The summed E-state index contributed by atoms with van der Waals surface area (Å²) in [6.07, 6.45) is 14.4. The highest BCUT2D eigenvalue weighted by Crippen LogP contribution is 2.39. The Hall–Kier alpha value is -1.24. The first kappa shape index (κ1) is 34.8. The van der Waals surface area contributed by atoms with Crippen LogP contribution in [0.5, 0.6) is 5.75 Å². The molecule has 1 rings (SSSR count). The number of phosphoric acid groups is 1. The number of rotatable bonds is 24. The summed E-state index contributed by atoms with van der Waals surface area (Å²) in [5.74, 6) is 0.582. The van der Waals surface area contributed by atoms with Crippen LogP contribution >= 0.6 is 7.82 Å². The monoisotopic (exact) mass is 555 g/mol. The normalized spacial score (nSPS) is 14.3. The van der Waals surface area contributed by atoms with Crippen molar-refractivity contribution in [2.24, 2.45) is 5.92 Å². The standard InChI is InChI=1S/C30H54NO6P/c1-6-7-8-9-10-11-12-13-14-15-22-35-30-19-17-28(18-20-30)25-29(24-27(2)32)26-37-38(33,34)36-23-16-21-31(3,4)5/h17-20,29H,6-16,21-26H2,1-5H3. The lowest BCUT2D eigenvalue weighted by Crippen LogP contribution is -2.35. The lowest BCUT2D eigenvalue weighted by atomic mass is 9.95. The van der Waals surface area contributed by atoms with E-state index in [4.69, 9.17) is 13.8 Å². The second-order valence-corrected chi connectivity index (χ2v) is 13.0. The lowest BCUT2D eigenvalue weighted by molar-refractivity contribution is -0.870. The summed E-state index contributed by atoms with van der Waals surface area (Å²) in [5, 5.41) is 0. The average Bonchev–Trinajstić information content (AvgIpc) is 2.84. The zero-order valence-electron chi connectivity index (χ0n) is 24.8. The third kappa shape index (κ3) is 19.8. The summed E-state index contributed by atoms with van der Waals surface area (Å²) in [4.78, 5) is 23.9. The number of carbonyl (C=O) groups excluding carboxylic acids is 1. The van der Waals surface area contributed by atoms with Crippen LogP contribution in [0.25, 0.3) is 0 Å². The molecule has 0 aromatic heterocycles. The van der Waals surface area contributed by atoms with Crippen molar-refractivity contribution in [1.29, 1.82) is 0 Å². The van der Waals surface area contributed by atoms with Crippen LogP contribution in [0, 0.1) is 5.92 Å². The van der Waals surface area contributed by atoms with E-state index < -0.39 is 7.82 Å². The van der Waals surface area contributed by atoms with Gasteiger partial charge in [-0.3, -0.25) is 4.57 Å². The molecular weight excluding hydrogens is 501 g/mol. The minimum atomic E-state index is -4.40. The van der Waals surface area contributed by atoms with Crippen LogP contribution in [-0.4, -0.2) is 57.8 Å². The van der Waals surface area contributed by atoms with Crippen LogP contribution < -0.4 is 9.63 Å². The van der Waals surface area contributed by atoms with Crippen LogP contribution in [0.2, 0.25) is 0 Å². The molecule has 0 saturated carbocycles. The molecule has 1 aromatic rings. The molecule has 220 valence electrons. The van der Waals surface area contributed by atoms with Crippen molar-refractivity contribution in [2.45, 2.75) is 97.3 Å². The average molecular weight is 556 g/mol. The number of ketones is 1. The molecule has 0 bridgehead atoms. The number of unbranched alkanes of at least 4 members (excludes halogenated alkanes) is 9. The van der Waals surface area contributed by atoms with Crippen molar-refractivity contribution < 1.29 is 32.5 Å². The van der Waals surface area contributed by atoms with Gasteiger partial charge in [0.2, 0.25) is 0 Å². The van der Waals surface area contributed by atoms with Crippen LogP contribution in [0.4, 0.5) is 0 Å². The highest BCUT2D eigenvalue weighted by molar-refractivity contribution is 7.45. The highest BCUT2D eigenvalue weighted by Gasteiger charge is 2.18. The molecule has 7 nitrogen and oxygen atoms in total. The summed E-state index contributed by atoms with van der Waals surface area (Å²) in [5.41, 5.74) is 1.01. The van der Waals surface area contributed by atoms with Gasteiger partial charge >= 0.3 is 0 Å². The van der Waals surface area contributed by atoms with Gasteiger partial charge in [0.15, 0.2) is 0 Å². The van der Waals surface area contributed by atoms with Gasteiger partial charge in [-0.2, -0.15) is 0 Å². The van der Waals surface area contributed by atoms with Crippen molar-refractivity contribution in [2.75, 3.05) is 47.5 Å². The summed E-state index contributed by atoms with van der Waals surface area (Å²) in [6, 6.07) is 7.82. The first-order valence-electron chi connectivity index (χ1n) is 14.6. The Bertz CT molecular complexity index is 793. The fourth-order valence-corrected chi connectivity index (χ4v) is 5.20. The topological polar surface area (TPSA) is 84.9 Å². The first-order chi connectivity index (χ1) is 18.0. The number of phosphoric ester groups is 1. The van der Waals surface area contributed by atoms with E-state index in [0.29, 0.717) is 19.4 Å². The van der Waals surface area contributed by atoms with Crippen molar-refractivity contribution in [3.8, 4) is 5.75 Å². The molecule has 0 aliphatic heterocycles. The third-order valence-corrected chi connectivity index (χ3v) is 7.45. The Balaban J connectivity index is 2.33. The minimum absolute atomic E-state index is 0.000331. The predicted molar refractivity (Wildman–Crippen MR) is 153 cm³/mol. The molecule has 0 aliphatic rings. The minimum Gasteiger partial charge on any atom is -0.756 e. The van der Waals surface area contributed by atoms with Crippen LogP contribution in [0.3, 0.4) is 0 Å². The molecule has 2 unspecified atom stereocenters.